The van der Waals surface area contributed by atoms with Crippen molar-refractivity contribution in [3.05, 3.63) is 65.2 Å². The largest absolute Gasteiger partial charge is 0.489 e. The second-order valence-corrected chi connectivity index (χ2v) is 12.6. The topological polar surface area (TPSA) is 42.0 Å². The summed E-state index contributed by atoms with van der Waals surface area (Å²) in [4.78, 5) is 0. The molecule has 7 rings (SSSR count). The highest BCUT2D eigenvalue weighted by molar-refractivity contribution is 5.42. The normalized spacial score (nSPS) is 42.8. The van der Waals surface area contributed by atoms with Gasteiger partial charge < -0.3 is 14.6 Å². The van der Waals surface area contributed by atoms with Crippen LogP contribution in [0.15, 0.2) is 48.5 Å². The number of fused-ring (bicyclic) bond motifs is 8. The van der Waals surface area contributed by atoms with Crippen molar-refractivity contribution in [1.82, 2.24) is 0 Å². The Kier molecular flexibility index (Phi) is 5.16. The van der Waals surface area contributed by atoms with Crippen LogP contribution in [0, 0.1) is 29.1 Å². The molecule has 9 atom stereocenters. The molecular formula is C32H40O3. The van der Waals surface area contributed by atoms with E-state index >= 15 is 0 Å². The zero-order valence-electron chi connectivity index (χ0n) is 21.3. The molecule has 2 aromatic carbocycles. The smallest absolute Gasteiger partial charge is 0.120 e. The highest BCUT2D eigenvalue weighted by atomic mass is 16.6. The lowest BCUT2D eigenvalue weighted by atomic mass is 9.49. The molecule has 2 aromatic rings. The molecule has 1 N–H and O–H groups in total. The van der Waals surface area contributed by atoms with Gasteiger partial charge in [-0.05, 0) is 95.9 Å². The molecule has 5 aliphatic rings. The third-order valence-corrected chi connectivity index (χ3v) is 11.1. The number of benzene rings is 2. The predicted octanol–water partition coefficient (Wildman–Crippen LogP) is 6.67. The lowest BCUT2D eigenvalue weighted by Crippen LogP contribution is -2.55. The van der Waals surface area contributed by atoms with Crippen LogP contribution in [0.1, 0.15) is 81.4 Å². The fourth-order valence-corrected chi connectivity index (χ4v) is 9.36. The molecule has 0 aromatic heterocycles. The molecule has 0 spiro atoms. The van der Waals surface area contributed by atoms with Crippen LogP contribution in [0.3, 0.4) is 0 Å². The van der Waals surface area contributed by atoms with Crippen molar-refractivity contribution in [2.24, 2.45) is 29.1 Å². The summed E-state index contributed by atoms with van der Waals surface area (Å²) in [6.45, 7) is 5.42. The fourth-order valence-electron chi connectivity index (χ4n) is 9.36. The van der Waals surface area contributed by atoms with Gasteiger partial charge >= 0.3 is 0 Å². The number of hydrogen-bond donors (Lipinski definition) is 1. The standard InChI is InChI=1S/C32H40O3/c1-3-7-21-14-22-15-24(34-19-20-8-5-4-6-9-20)10-11-25(22)26-12-13-31(2)27(30(21)26)16-23-17-28-29(35-28)18-32(23,31)33/h4-6,8-11,15,21,23,26-30,33H,3,7,12-14,16-19H2,1-2H3/t21-,23+,26-,27+,28-,29-,30-,31+,32-/m1/s1. The monoisotopic (exact) mass is 472 g/mol. The summed E-state index contributed by atoms with van der Waals surface area (Å²) < 4.78 is 12.1. The van der Waals surface area contributed by atoms with E-state index in [-0.39, 0.29) is 5.41 Å². The quantitative estimate of drug-likeness (QED) is 0.494. The Morgan fingerprint density at radius 3 is 2.77 bits per heavy atom. The van der Waals surface area contributed by atoms with Gasteiger partial charge in [-0.1, -0.05) is 63.1 Å². The third kappa shape index (κ3) is 3.37. The Bertz CT molecular complexity index is 1100. The maximum atomic E-state index is 12.2. The van der Waals surface area contributed by atoms with Gasteiger partial charge in [0.2, 0.25) is 0 Å². The molecule has 4 fully saturated rings. The Morgan fingerprint density at radius 1 is 1.09 bits per heavy atom. The van der Waals surface area contributed by atoms with E-state index in [1.165, 1.54) is 36.8 Å². The Morgan fingerprint density at radius 2 is 1.94 bits per heavy atom. The van der Waals surface area contributed by atoms with Crippen LogP contribution in [0.5, 0.6) is 5.75 Å². The molecule has 1 heterocycles. The highest BCUT2D eigenvalue weighted by Gasteiger charge is 2.70. The van der Waals surface area contributed by atoms with Crippen LogP contribution < -0.4 is 4.74 Å². The first-order valence-corrected chi connectivity index (χ1v) is 14.2. The second-order valence-electron chi connectivity index (χ2n) is 12.6. The van der Waals surface area contributed by atoms with Gasteiger partial charge in [-0.15, -0.1) is 0 Å². The van der Waals surface area contributed by atoms with Gasteiger partial charge in [0.25, 0.3) is 0 Å². The van der Waals surface area contributed by atoms with E-state index in [0.717, 1.165) is 31.4 Å². The summed E-state index contributed by atoms with van der Waals surface area (Å²) in [6.07, 6.45) is 9.98. The molecule has 1 aliphatic heterocycles. The van der Waals surface area contributed by atoms with E-state index in [4.69, 9.17) is 9.47 Å². The SMILES string of the molecule is CCC[C@@H]1Cc2cc(OCc3ccccc3)ccc2[C@H]2CC[C@@]3(C)[C@@H](C[C@H]4C[C@H]5O[C@@H]5C[C@@]43O)[C@H]12. The van der Waals surface area contributed by atoms with E-state index in [1.54, 1.807) is 5.56 Å². The lowest BCUT2D eigenvalue weighted by Gasteiger charge is -2.56. The molecule has 4 aliphatic carbocycles. The number of epoxide rings is 1. The number of aliphatic hydroxyl groups is 1. The van der Waals surface area contributed by atoms with Crippen molar-refractivity contribution in [3.8, 4) is 5.75 Å². The van der Waals surface area contributed by atoms with Gasteiger partial charge in [0, 0.05) is 6.42 Å². The van der Waals surface area contributed by atoms with Crippen LogP contribution in [-0.2, 0) is 17.8 Å². The molecule has 0 amide bonds. The Labute approximate surface area is 210 Å². The van der Waals surface area contributed by atoms with Crippen LogP contribution in [0.4, 0.5) is 0 Å². The molecule has 0 bridgehead atoms. The van der Waals surface area contributed by atoms with Crippen molar-refractivity contribution in [2.45, 2.75) is 95.5 Å². The van der Waals surface area contributed by atoms with Crippen molar-refractivity contribution >= 4 is 0 Å². The maximum Gasteiger partial charge on any atom is 0.120 e. The Balaban J connectivity index is 1.18. The third-order valence-electron chi connectivity index (χ3n) is 11.1. The zero-order valence-corrected chi connectivity index (χ0v) is 21.3. The minimum Gasteiger partial charge on any atom is -0.489 e. The van der Waals surface area contributed by atoms with Gasteiger partial charge in [-0.2, -0.15) is 0 Å². The molecule has 35 heavy (non-hydrogen) atoms. The first-order chi connectivity index (χ1) is 17.0. The number of hydrogen-bond acceptors (Lipinski definition) is 3. The van der Waals surface area contributed by atoms with E-state index in [1.807, 2.05) is 0 Å². The van der Waals surface area contributed by atoms with Crippen molar-refractivity contribution in [2.75, 3.05) is 0 Å². The Hall–Kier alpha value is -1.84. The van der Waals surface area contributed by atoms with E-state index < -0.39 is 5.60 Å². The van der Waals surface area contributed by atoms with Gasteiger partial charge in [-0.3, -0.25) is 0 Å². The molecule has 3 nitrogen and oxygen atoms in total. The van der Waals surface area contributed by atoms with E-state index in [2.05, 4.69) is 62.4 Å². The van der Waals surface area contributed by atoms with E-state index in [0.29, 0.717) is 48.4 Å². The molecule has 0 radical (unpaired) electrons. The predicted molar refractivity (Wildman–Crippen MR) is 137 cm³/mol. The summed E-state index contributed by atoms with van der Waals surface area (Å²) in [5, 5.41) is 12.2. The molecule has 0 unspecified atom stereocenters. The lowest BCUT2D eigenvalue weighted by molar-refractivity contribution is -0.137. The van der Waals surface area contributed by atoms with Crippen LogP contribution in [0.25, 0.3) is 0 Å². The molecule has 3 saturated carbocycles. The van der Waals surface area contributed by atoms with Crippen molar-refractivity contribution in [1.29, 1.82) is 0 Å². The minimum absolute atomic E-state index is 0.0397. The summed E-state index contributed by atoms with van der Waals surface area (Å²) >= 11 is 0. The molecule has 1 saturated heterocycles. The maximum absolute atomic E-state index is 12.2. The molecule has 3 heteroatoms. The average Bonchev–Trinajstić information content (AvgIpc) is 3.57. The zero-order chi connectivity index (χ0) is 23.8. The summed E-state index contributed by atoms with van der Waals surface area (Å²) in [5.41, 5.74) is 3.82. The van der Waals surface area contributed by atoms with Crippen molar-refractivity contribution < 1.29 is 14.6 Å². The summed E-state index contributed by atoms with van der Waals surface area (Å²) in [5.74, 6) is 4.10. The molecule has 186 valence electrons. The second kappa shape index (κ2) is 8.08. The first kappa shape index (κ1) is 22.4. The fraction of sp³-hybridized carbons (Fsp3) is 0.625. The van der Waals surface area contributed by atoms with Gasteiger partial charge in [0.05, 0.1) is 17.8 Å². The minimum atomic E-state index is -0.521. The van der Waals surface area contributed by atoms with Crippen LogP contribution >= 0.6 is 0 Å². The number of rotatable bonds is 5. The van der Waals surface area contributed by atoms with Gasteiger partial charge in [-0.25, -0.2) is 0 Å². The summed E-state index contributed by atoms with van der Waals surface area (Å²) in [6, 6.07) is 17.4. The van der Waals surface area contributed by atoms with E-state index in [9.17, 15) is 5.11 Å². The number of ether oxygens (including phenoxy) is 2. The van der Waals surface area contributed by atoms with Crippen LogP contribution in [0.2, 0.25) is 0 Å². The van der Waals surface area contributed by atoms with Gasteiger partial charge in [0.1, 0.15) is 12.4 Å². The first-order valence-electron chi connectivity index (χ1n) is 14.2. The van der Waals surface area contributed by atoms with Crippen LogP contribution in [-0.4, -0.2) is 22.9 Å². The van der Waals surface area contributed by atoms with Crippen molar-refractivity contribution in [3.63, 3.8) is 0 Å². The highest BCUT2D eigenvalue weighted by Crippen LogP contribution is 2.70. The summed E-state index contributed by atoms with van der Waals surface area (Å²) in [7, 11) is 0. The average molecular weight is 473 g/mol. The van der Waals surface area contributed by atoms with Gasteiger partial charge in [0.15, 0.2) is 0 Å². The molecular weight excluding hydrogens is 432 g/mol.